The fourth-order valence-electron chi connectivity index (χ4n) is 2.27. The molecule has 18 heavy (non-hydrogen) atoms. The van der Waals surface area contributed by atoms with Gasteiger partial charge in [-0.2, -0.15) is 0 Å². The van der Waals surface area contributed by atoms with E-state index in [0.29, 0.717) is 6.04 Å². The minimum Gasteiger partial charge on any atom is -0.399 e. The van der Waals surface area contributed by atoms with Crippen LogP contribution >= 0.6 is 0 Å². The summed E-state index contributed by atoms with van der Waals surface area (Å²) >= 11 is 0. The van der Waals surface area contributed by atoms with Crippen LogP contribution in [0.15, 0.2) is 24.3 Å². The zero-order chi connectivity index (χ0) is 13.1. The van der Waals surface area contributed by atoms with Crippen molar-refractivity contribution >= 4 is 22.3 Å². The van der Waals surface area contributed by atoms with Gasteiger partial charge in [0.2, 0.25) is 0 Å². The largest absolute Gasteiger partial charge is 0.399 e. The Bertz CT molecular complexity index is 549. The molecule has 3 nitrogen and oxygen atoms in total. The third kappa shape index (κ3) is 2.73. The summed E-state index contributed by atoms with van der Waals surface area (Å²) in [6.07, 6.45) is 2.34. The number of nitrogen functional groups attached to an aromatic ring is 1. The van der Waals surface area contributed by atoms with E-state index in [9.17, 15) is 0 Å². The number of aryl methyl sites for hydroxylation is 1. The first-order valence-electron chi connectivity index (χ1n) is 6.53. The molecule has 96 valence electrons. The van der Waals surface area contributed by atoms with Crippen molar-refractivity contribution in [3.8, 4) is 0 Å². The number of hydrogen-bond donors (Lipinski definition) is 2. The van der Waals surface area contributed by atoms with Crippen LogP contribution in [0.5, 0.6) is 0 Å². The van der Waals surface area contributed by atoms with Crippen molar-refractivity contribution in [3.05, 3.63) is 30.0 Å². The van der Waals surface area contributed by atoms with Crippen LogP contribution in [0.25, 0.3) is 10.9 Å². The molecule has 1 aromatic carbocycles. The SMILES string of the molecule is CCCC(C)Nc1cc(C)nc2ccc(N)cc12. The number of anilines is 2. The molecule has 0 aliphatic heterocycles. The van der Waals surface area contributed by atoms with Gasteiger partial charge >= 0.3 is 0 Å². The number of nitrogens with two attached hydrogens (primary N) is 1. The fraction of sp³-hybridized carbons (Fsp3) is 0.400. The molecule has 0 aliphatic rings. The number of aromatic nitrogens is 1. The molecule has 3 N–H and O–H groups in total. The first-order chi connectivity index (χ1) is 8.60. The third-order valence-corrected chi connectivity index (χ3v) is 3.08. The maximum absolute atomic E-state index is 5.86. The molecule has 3 heteroatoms. The molecule has 2 aromatic rings. The van der Waals surface area contributed by atoms with E-state index in [-0.39, 0.29) is 0 Å². The van der Waals surface area contributed by atoms with Crippen LogP contribution in [0.4, 0.5) is 11.4 Å². The monoisotopic (exact) mass is 243 g/mol. The summed E-state index contributed by atoms with van der Waals surface area (Å²) in [4.78, 5) is 4.54. The Balaban J connectivity index is 2.44. The average Bonchev–Trinajstić information content (AvgIpc) is 2.30. The molecule has 2 rings (SSSR count). The van der Waals surface area contributed by atoms with Gasteiger partial charge in [-0.3, -0.25) is 4.98 Å². The van der Waals surface area contributed by atoms with E-state index in [1.165, 1.54) is 6.42 Å². The second-order valence-corrected chi connectivity index (χ2v) is 4.92. The minimum absolute atomic E-state index is 0.460. The highest BCUT2D eigenvalue weighted by atomic mass is 14.9. The Labute approximate surface area is 108 Å². The van der Waals surface area contributed by atoms with Gasteiger partial charge in [0, 0.05) is 28.5 Å². The van der Waals surface area contributed by atoms with Crippen LogP contribution < -0.4 is 11.1 Å². The zero-order valence-electron chi connectivity index (χ0n) is 11.3. The van der Waals surface area contributed by atoms with Gasteiger partial charge < -0.3 is 11.1 Å². The number of rotatable bonds is 4. The van der Waals surface area contributed by atoms with E-state index < -0.39 is 0 Å². The number of pyridine rings is 1. The number of nitrogens with zero attached hydrogens (tertiary/aromatic N) is 1. The molecule has 1 heterocycles. The highest BCUT2D eigenvalue weighted by Crippen LogP contribution is 2.26. The zero-order valence-corrected chi connectivity index (χ0v) is 11.3. The standard InChI is InChI=1S/C15H21N3/c1-4-5-10(2)17-15-8-11(3)18-14-7-6-12(16)9-13(14)15/h6-10H,4-5,16H2,1-3H3,(H,17,18). The molecule has 0 radical (unpaired) electrons. The number of fused-ring (bicyclic) bond motifs is 1. The van der Waals surface area contributed by atoms with Gasteiger partial charge in [0.05, 0.1) is 5.52 Å². The van der Waals surface area contributed by atoms with Crippen LogP contribution in [0.2, 0.25) is 0 Å². The van der Waals surface area contributed by atoms with E-state index >= 15 is 0 Å². The van der Waals surface area contributed by atoms with Crippen molar-refractivity contribution < 1.29 is 0 Å². The second kappa shape index (κ2) is 5.25. The summed E-state index contributed by atoms with van der Waals surface area (Å²) in [6.45, 7) is 6.43. The topological polar surface area (TPSA) is 50.9 Å². The molecule has 1 atom stereocenters. The van der Waals surface area contributed by atoms with E-state index in [2.05, 4.69) is 30.2 Å². The minimum atomic E-state index is 0.460. The summed E-state index contributed by atoms with van der Waals surface area (Å²) in [7, 11) is 0. The van der Waals surface area contributed by atoms with Gasteiger partial charge in [0.25, 0.3) is 0 Å². The maximum Gasteiger partial charge on any atom is 0.0727 e. The Morgan fingerprint density at radius 2 is 2.11 bits per heavy atom. The predicted octanol–water partition coefficient (Wildman–Crippen LogP) is 3.73. The highest BCUT2D eigenvalue weighted by Gasteiger charge is 2.07. The van der Waals surface area contributed by atoms with Gasteiger partial charge in [0.1, 0.15) is 0 Å². The summed E-state index contributed by atoms with van der Waals surface area (Å²) < 4.78 is 0. The first-order valence-corrected chi connectivity index (χ1v) is 6.53. The van der Waals surface area contributed by atoms with Crippen LogP contribution in [0, 0.1) is 6.92 Å². The Morgan fingerprint density at radius 3 is 2.83 bits per heavy atom. The second-order valence-electron chi connectivity index (χ2n) is 4.92. The molecule has 0 saturated carbocycles. The van der Waals surface area contributed by atoms with Crippen molar-refractivity contribution in [1.29, 1.82) is 0 Å². The van der Waals surface area contributed by atoms with Crippen molar-refractivity contribution in [2.75, 3.05) is 11.1 Å². The number of benzene rings is 1. The average molecular weight is 243 g/mol. The van der Waals surface area contributed by atoms with E-state index in [1.807, 2.05) is 25.1 Å². The molecule has 0 amide bonds. The molecule has 0 spiro atoms. The van der Waals surface area contributed by atoms with E-state index in [4.69, 9.17) is 5.73 Å². The first kappa shape index (κ1) is 12.7. The highest BCUT2D eigenvalue weighted by molar-refractivity contribution is 5.93. The molecule has 0 aliphatic carbocycles. The lowest BCUT2D eigenvalue weighted by molar-refractivity contribution is 0.691. The van der Waals surface area contributed by atoms with Crippen molar-refractivity contribution in [1.82, 2.24) is 4.98 Å². The summed E-state index contributed by atoms with van der Waals surface area (Å²) in [6, 6.07) is 8.42. The third-order valence-electron chi connectivity index (χ3n) is 3.08. The summed E-state index contributed by atoms with van der Waals surface area (Å²) in [5.74, 6) is 0. The molecule has 1 aromatic heterocycles. The summed E-state index contributed by atoms with van der Waals surface area (Å²) in [5.41, 5.74) is 9.79. The van der Waals surface area contributed by atoms with Gasteiger partial charge in [-0.1, -0.05) is 13.3 Å². The lowest BCUT2D eigenvalue weighted by Crippen LogP contribution is -2.15. The van der Waals surface area contributed by atoms with Gasteiger partial charge in [-0.25, -0.2) is 0 Å². The van der Waals surface area contributed by atoms with Crippen LogP contribution in [-0.2, 0) is 0 Å². The normalized spacial score (nSPS) is 12.6. The molecule has 1 unspecified atom stereocenters. The van der Waals surface area contributed by atoms with Crippen LogP contribution in [-0.4, -0.2) is 11.0 Å². The maximum atomic E-state index is 5.86. The lowest BCUT2D eigenvalue weighted by atomic mass is 10.1. The number of nitrogens with one attached hydrogen (secondary N) is 1. The molecule has 0 fully saturated rings. The number of hydrogen-bond acceptors (Lipinski definition) is 3. The van der Waals surface area contributed by atoms with Crippen molar-refractivity contribution in [2.24, 2.45) is 0 Å². The Hall–Kier alpha value is -1.77. The van der Waals surface area contributed by atoms with Crippen molar-refractivity contribution in [2.45, 2.75) is 39.7 Å². The van der Waals surface area contributed by atoms with E-state index in [0.717, 1.165) is 34.4 Å². The van der Waals surface area contributed by atoms with Gasteiger partial charge in [0.15, 0.2) is 0 Å². The quantitative estimate of drug-likeness (QED) is 0.804. The molecular weight excluding hydrogens is 222 g/mol. The van der Waals surface area contributed by atoms with Crippen molar-refractivity contribution in [3.63, 3.8) is 0 Å². The van der Waals surface area contributed by atoms with E-state index in [1.54, 1.807) is 0 Å². The fourth-order valence-corrected chi connectivity index (χ4v) is 2.27. The Kier molecular flexibility index (Phi) is 3.70. The van der Waals surface area contributed by atoms with Crippen LogP contribution in [0.3, 0.4) is 0 Å². The van der Waals surface area contributed by atoms with Gasteiger partial charge in [-0.15, -0.1) is 0 Å². The predicted molar refractivity (Wildman–Crippen MR) is 78.9 cm³/mol. The van der Waals surface area contributed by atoms with Crippen LogP contribution in [0.1, 0.15) is 32.4 Å². The molecule has 0 saturated heterocycles. The molecule has 0 bridgehead atoms. The lowest BCUT2D eigenvalue weighted by Gasteiger charge is -2.17. The molecular formula is C15H21N3. The summed E-state index contributed by atoms with van der Waals surface area (Å²) in [5, 5.41) is 4.66. The smallest absolute Gasteiger partial charge is 0.0727 e. The Morgan fingerprint density at radius 1 is 1.33 bits per heavy atom. The van der Waals surface area contributed by atoms with Gasteiger partial charge in [-0.05, 0) is 44.5 Å².